The second kappa shape index (κ2) is 8.18. The van der Waals surface area contributed by atoms with Crippen LogP contribution >= 0.6 is 26.0 Å². The fourth-order valence-corrected chi connectivity index (χ4v) is 3.93. The van der Waals surface area contributed by atoms with E-state index in [9.17, 15) is 5.11 Å². The highest BCUT2D eigenvalue weighted by Crippen LogP contribution is 2.34. The van der Waals surface area contributed by atoms with E-state index in [0.29, 0.717) is 13.3 Å². The quantitative estimate of drug-likeness (QED) is 0.399. The van der Waals surface area contributed by atoms with E-state index in [0.717, 1.165) is 39.0 Å². The molecule has 0 fully saturated rings. The summed E-state index contributed by atoms with van der Waals surface area (Å²) < 4.78 is 10.4. The molecule has 154 valence electrons. The van der Waals surface area contributed by atoms with Crippen LogP contribution in [0.2, 0.25) is 0 Å². The highest BCUT2D eigenvalue weighted by Gasteiger charge is 2.18. The van der Waals surface area contributed by atoms with Crippen molar-refractivity contribution in [3.63, 3.8) is 0 Å². The molecule has 0 saturated heterocycles. The Labute approximate surface area is 176 Å². The number of aromatic nitrogens is 4. The monoisotopic (exact) mass is 468 g/mol. The molecule has 0 aliphatic heterocycles. The largest absolute Gasteiger partial charge is 0.389 e. The molecule has 0 atom stereocenters. The van der Waals surface area contributed by atoms with Gasteiger partial charge in [0.1, 0.15) is 11.3 Å². The fraction of sp³-hybridized carbons (Fsp3) is 0.500. The molecule has 0 amide bonds. The summed E-state index contributed by atoms with van der Waals surface area (Å²) in [7, 11) is -0.545. The summed E-state index contributed by atoms with van der Waals surface area (Å²) in [4.78, 5) is 4.36. The minimum Gasteiger partial charge on any atom is -0.389 e. The molecular formula is C20H29BrN4O2S. The zero-order valence-electron chi connectivity index (χ0n) is 17.1. The summed E-state index contributed by atoms with van der Waals surface area (Å²) in [6.07, 6.45) is 14.6. The van der Waals surface area contributed by atoms with Gasteiger partial charge in [0.2, 0.25) is 0 Å². The first-order chi connectivity index (χ1) is 13.0. The van der Waals surface area contributed by atoms with Crippen molar-refractivity contribution < 1.29 is 9.84 Å². The number of ether oxygens (including phenoxy) is 1. The van der Waals surface area contributed by atoms with Gasteiger partial charge < -0.3 is 14.4 Å². The lowest BCUT2D eigenvalue weighted by Gasteiger charge is -2.24. The second-order valence-corrected chi connectivity index (χ2v) is 14.0. The fourth-order valence-electron chi connectivity index (χ4n) is 2.98. The van der Waals surface area contributed by atoms with Crippen molar-refractivity contribution in [3.05, 3.63) is 35.5 Å². The van der Waals surface area contributed by atoms with Crippen LogP contribution in [-0.4, -0.2) is 61.2 Å². The Balaban J connectivity index is 1.83. The summed E-state index contributed by atoms with van der Waals surface area (Å²) in [6, 6.07) is 2.01. The molecule has 3 heterocycles. The SMILES string of the molecule is CC(C)(O)Cn1cc(-c2cnn(COCCS(C)(C)C)c2)c2cc(Br)ncc21. The van der Waals surface area contributed by atoms with E-state index < -0.39 is 15.6 Å². The zero-order valence-corrected chi connectivity index (χ0v) is 19.5. The van der Waals surface area contributed by atoms with Crippen molar-refractivity contribution in [1.29, 1.82) is 0 Å². The van der Waals surface area contributed by atoms with Gasteiger partial charge in [0, 0.05) is 34.7 Å². The molecule has 0 spiro atoms. The Morgan fingerprint density at radius 3 is 2.64 bits per heavy atom. The number of hydrogen-bond donors (Lipinski definition) is 1. The van der Waals surface area contributed by atoms with Crippen LogP contribution in [-0.2, 0) is 18.0 Å². The van der Waals surface area contributed by atoms with E-state index in [1.807, 2.05) is 33.9 Å². The molecule has 6 nitrogen and oxygen atoms in total. The lowest BCUT2D eigenvalue weighted by Crippen LogP contribution is -2.25. The van der Waals surface area contributed by atoms with Crippen LogP contribution in [0.1, 0.15) is 13.8 Å². The number of pyridine rings is 1. The van der Waals surface area contributed by atoms with Crippen molar-refractivity contribution in [2.24, 2.45) is 0 Å². The molecule has 0 saturated carbocycles. The first kappa shape index (κ1) is 21.4. The van der Waals surface area contributed by atoms with Crippen LogP contribution in [0, 0.1) is 0 Å². The molecule has 28 heavy (non-hydrogen) atoms. The van der Waals surface area contributed by atoms with E-state index >= 15 is 0 Å². The van der Waals surface area contributed by atoms with Gasteiger partial charge in [-0.1, -0.05) is 0 Å². The van der Waals surface area contributed by atoms with E-state index in [-0.39, 0.29) is 0 Å². The predicted molar refractivity (Wildman–Crippen MR) is 121 cm³/mol. The molecule has 0 aliphatic rings. The van der Waals surface area contributed by atoms with Crippen LogP contribution < -0.4 is 0 Å². The van der Waals surface area contributed by atoms with Gasteiger partial charge in [0.05, 0.1) is 36.7 Å². The molecule has 3 aromatic heterocycles. The summed E-state index contributed by atoms with van der Waals surface area (Å²) in [5.74, 6) is 1.09. The normalized spacial score (nSPS) is 13.4. The van der Waals surface area contributed by atoms with E-state index in [2.05, 4.69) is 51.0 Å². The zero-order chi connectivity index (χ0) is 20.5. The third kappa shape index (κ3) is 5.59. The molecule has 1 N–H and O–H groups in total. The minimum atomic E-state index is -0.816. The van der Waals surface area contributed by atoms with Crippen molar-refractivity contribution in [2.45, 2.75) is 32.7 Å². The summed E-state index contributed by atoms with van der Waals surface area (Å²) >= 11 is 3.46. The van der Waals surface area contributed by atoms with Gasteiger partial charge in [-0.25, -0.2) is 19.7 Å². The lowest BCUT2D eigenvalue weighted by molar-refractivity contribution is 0.0628. The first-order valence-corrected chi connectivity index (χ1v) is 13.0. The van der Waals surface area contributed by atoms with Crippen LogP contribution in [0.3, 0.4) is 0 Å². The van der Waals surface area contributed by atoms with Crippen molar-refractivity contribution >= 4 is 36.9 Å². The van der Waals surface area contributed by atoms with Crippen LogP contribution in [0.25, 0.3) is 22.0 Å². The average Bonchev–Trinajstić information content (AvgIpc) is 3.14. The molecule has 3 rings (SSSR count). The first-order valence-electron chi connectivity index (χ1n) is 9.15. The minimum absolute atomic E-state index is 0.448. The number of fused-ring (bicyclic) bond motifs is 1. The van der Waals surface area contributed by atoms with E-state index in [4.69, 9.17) is 4.74 Å². The molecule has 0 bridgehead atoms. The van der Waals surface area contributed by atoms with Gasteiger partial charge in [0.15, 0.2) is 0 Å². The molecular weight excluding hydrogens is 440 g/mol. The van der Waals surface area contributed by atoms with Gasteiger partial charge in [0.25, 0.3) is 0 Å². The Hall–Kier alpha value is -1.35. The van der Waals surface area contributed by atoms with Gasteiger partial charge in [-0.15, -0.1) is 0 Å². The maximum Gasteiger partial charge on any atom is 0.139 e. The third-order valence-electron chi connectivity index (χ3n) is 4.30. The second-order valence-electron chi connectivity index (χ2n) is 8.61. The number of hydrogen-bond acceptors (Lipinski definition) is 4. The Morgan fingerprint density at radius 1 is 1.21 bits per heavy atom. The Kier molecular flexibility index (Phi) is 6.24. The standard InChI is InChI=1S/C20H29BrN4O2S/c1-20(2,26)13-24-12-17(16-8-19(21)22-10-18(16)24)15-9-23-25(11-15)14-27-6-7-28(3,4)5/h8-12,26H,6-7,13-14H2,1-5H3. The van der Waals surface area contributed by atoms with Gasteiger partial charge in [-0.2, -0.15) is 5.10 Å². The summed E-state index contributed by atoms with van der Waals surface area (Å²) in [6.45, 7) is 5.29. The van der Waals surface area contributed by atoms with Crippen LogP contribution in [0.5, 0.6) is 0 Å². The molecule has 0 aromatic carbocycles. The van der Waals surface area contributed by atoms with Crippen molar-refractivity contribution in [1.82, 2.24) is 19.3 Å². The highest BCUT2D eigenvalue weighted by atomic mass is 79.9. The molecule has 0 radical (unpaired) electrons. The summed E-state index contributed by atoms with van der Waals surface area (Å²) in [5.41, 5.74) is 2.25. The Bertz CT molecular complexity index is 953. The maximum absolute atomic E-state index is 10.3. The molecule has 8 heteroatoms. The number of halogens is 1. The van der Waals surface area contributed by atoms with Gasteiger partial charge in [-0.05, 0) is 54.6 Å². The average molecular weight is 469 g/mol. The molecule has 0 aliphatic carbocycles. The predicted octanol–water partition coefficient (Wildman–Crippen LogP) is 4.10. The third-order valence-corrected chi connectivity index (χ3v) is 6.12. The van der Waals surface area contributed by atoms with Crippen LogP contribution in [0.15, 0.2) is 35.5 Å². The van der Waals surface area contributed by atoms with E-state index in [1.54, 1.807) is 13.8 Å². The lowest BCUT2D eigenvalue weighted by atomic mass is 10.1. The number of nitrogens with zero attached hydrogens (tertiary/aromatic N) is 4. The molecule has 0 unspecified atom stereocenters. The van der Waals surface area contributed by atoms with Gasteiger partial charge >= 0.3 is 0 Å². The smallest absolute Gasteiger partial charge is 0.139 e. The topological polar surface area (TPSA) is 65.1 Å². The van der Waals surface area contributed by atoms with Crippen molar-refractivity contribution in [2.75, 3.05) is 31.1 Å². The maximum atomic E-state index is 10.3. The van der Waals surface area contributed by atoms with E-state index in [1.165, 1.54) is 0 Å². The molecule has 3 aromatic rings. The highest BCUT2D eigenvalue weighted by molar-refractivity contribution is 9.10. The Morgan fingerprint density at radius 2 is 1.96 bits per heavy atom. The number of rotatable bonds is 8. The number of aliphatic hydroxyl groups is 1. The van der Waals surface area contributed by atoms with Crippen molar-refractivity contribution in [3.8, 4) is 11.1 Å². The summed E-state index contributed by atoms with van der Waals surface area (Å²) in [5, 5.41) is 15.8. The van der Waals surface area contributed by atoms with Crippen LogP contribution in [0.4, 0.5) is 0 Å². The van der Waals surface area contributed by atoms with Gasteiger partial charge in [-0.3, -0.25) is 0 Å².